The second-order valence-electron chi connectivity index (χ2n) is 6.45. The van der Waals surface area contributed by atoms with Gasteiger partial charge in [-0.05, 0) is 25.0 Å². The Hall–Kier alpha value is -2.86. The van der Waals surface area contributed by atoms with Gasteiger partial charge in [-0.15, -0.1) is 0 Å². The predicted octanol–water partition coefficient (Wildman–Crippen LogP) is 4.51. The average Bonchev–Trinajstić information content (AvgIpc) is 2.69. The number of carbonyl (C=O) groups excluding carboxylic acids is 1. The number of rotatable bonds is 7. The molecule has 0 bridgehead atoms. The lowest BCUT2D eigenvalue weighted by Crippen LogP contribution is -2.23. The maximum Gasteiger partial charge on any atom is 0.251 e. The van der Waals surface area contributed by atoms with E-state index in [0.29, 0.717) is 5.16 Å². The van der Waals surface area contributed by atoms with Gasteiger partial charge in [0.05, 0.1) is 5.25 Å². The van der Waals surface area contributed by atoms with Gasteiger partial charge >= 0.3 is 0 Å². The van der Waals surface area contributed by atoms with Gasteiger partial charge in [-0.25, -0.2) is 4.98 Å². The summed E-state index contributed by atoms with van der Waals surface area (Å²) in [5.41, 5.74) is 3.31. The van der Waals surface area contributed by atoms with Crippen molar-refractivity contribution < 1.29 is 4.79 Å². The Kier molecular flexibility index (Phi) is 6.66. The molecule has 144 valence electrons. The van der Waals surface area contributed by atoms with Crippen molar-refractivity contribution in [3.8, 4) is 11.1 Å². The molecule has 0 aliphatic heterocycles. The fourth-order valence-electron chi connectivity index (χ4n) is 2.84. The van der Waals surface area contributed by atoms with E-state index in [1.165, 1.54) is 17.8 Å². The number of benzene rings is 2. The van der Waals surface area contributed by atoms with Crippen molar-refractivity contribution in [3.63, 3.8) is 0 Å². The lowest BCUT2D eigenvalue weighted by molar-refractivity contribution is -0.115. The molecular formula is C22H23N3O2S. The molecule has 2 N–H and O–H groups in total. The van der Waals surface area contributed by atoms with Crippen LogP contribution in [0.5, 0.6) is 0 Å². The summed E-state index contributed by atoms with van der Waals surface area (Å²) in [5.74, 6) is -0.142. The number of aromatic nitrogens is 2. The van der Waals surface area contributed by atoms with Crippen LogP contribution in [-0.2, 0) is 11.2 Å². The van der Waals surface area contributed by atoms with Crippen LogP contribution in [0.1, 0.15) is 26.0 Å². The van der Waals surface area contributed by atoms with Crippen LogP contribution in [0.15, 0.2) is 70.6 Å². The van der Waals surface area contributed by atoms with E-state index < -0.39 is 5.25 Å². The molecule has 3 rings (SSSR count). The fourth-order valence-corrected chi connectivity index (χ4v) is 3.67. The second kappa shape index (κ2) is 9.37. The topological polar surface area (TPSA) is 74.8 Å². The van der Waals surface area contributed by atoms with Crippen molar-refractivity contribution in [2.45, 2.75) is 37.1 Å². The number of hydrogen-bond donors (Lipinski definition) is 2. The summed E-state index contributed by atoms with van der Waals surface area (Å²) in [6, 6.07) is 19.1. The summed E-state index contributed by atoms with van der Waals surface area (Å²) in [4.78, 5) is 31.7. The van der Waals surface area contributed by atoms with Crippen LogP contribution < -0.4 is 10.9 Å². The molecule has 0 fully saturated rings. The molecule has 1 heterocycles. The quantitative estimate of drug-likeness (QED) is 0.457. The molecule has 0 spiro atoms. The number of carbonyl (C=O) groups is 1. The maximum absolute atomic E-state index is 12.7. The number of nitrogens with zero attached hydrogens (tertiary/aromatic N) is 1. The highest BCUT2D eigenvalue weighted by atomic mass is 32.2. The van der Waals surface area contributed by atoms with E-state index in [2.05, 4.69) is 15.3 Å². The zero-order valence-electron chi connectivity index (χ0n) is 15.9. The van der Waals surface area contributed by atoms with Gasteiger partial charge < -0.3 is 10.3 Å². The number of para-hydroxylation sites is 1. The Balaban J connectivity index is 1.75. The number of nitrogens with one attached hydrogen (secondary N) is 2. The third kappa shape index (κ3) is 5.10. The monoisotopic (exact) mass is 393 g/mol. The van der Waals surface area contributed by atoms with Crippen molar-refractivity contribution >= 4 is 23.4 Å². The van der Waals surface area contributed by atoms with Crippen LogP contribution in [0.4, 0.5) is 5.69 Å². The van der Waals surface area contributed by atoms with Gasteiger partial charge in [-0.3, -0.25) is 9.59 Å². The van der Waals surface area contributed by atoms with Gasteiger partial charge in [0.25, 0.3) is 5.56 Å². The molecule has 0 aliphatic carbocycles. The first kappa shape index (κ1) is 19.9. The number of thioether (sulfide) groups is 1. The summed E-state index contributed by atoms with van der Waals surface area (Å²) in [6.45, 7) is 3.84. The Morgan fingerprint density at radius 2 is 1.86 bits per heavy atom. The minimum Gasteiger partial charge on any atom is -0.325 e. The van der Waals surface area contributed by atoms with Crippen LogP contribution in [0.2, 0.25) is 0 Å². The molecule has 0 aliphatic rings. The largest absolute Gasteiger partial charge is 0.325 e. The van der Waals surface area contributed by atoms with Gasteiger partial charge in [0, 0.05) is 23.0 Å². The number of amides is 1. The summed E-state index contributed by atoms with van der Waals surface area (Å²) < 4.78 is 0. The summed E-state index contributed by atoms with van der Waals surface area (Å²) in [7, 11) is 0. The van der Waals surface area contributed by atoms with Gasteiger partial charge in [-0.1, -0.05) is 73.6 Å². The van der Waals surface area contributed by atoms with Crippen LogP contribution >= 0.6 is 11.8 Å². The van der Waals surface area contributed by atoms with Crippen LogP contribution in [-0.4, -0.2) is 21.1 Å². The van der Waals surface area contributed by atoms with Crippen LogP contribution in [0.25, 0.3) is 11.1 Å². The molecule has 0 saturated carbocycles. The number of hydrogen-bond acceptors (Lipinski definition) is 4. The van der Waals surface area contributed by atoms with Crippen molar-refractivity contribution in [3.05, 3.63) is 76.7 Å². The number of H-pyrrole nitrogens is 1. The van der Waals surface area contributed by atoms with E-state index in [0.717, 1.165) is 35.3 Å². The number of anilines is 1. The molecule has 3 aromatic rings. The molecule has 0 radical (unpaired) electrons. The Morgan fingerprint density at radius 1 is 1.14 bits per heavy atom. The van der Waals surface area contributed by atoms with E-state index >= 15 is 0 Å². The summed E-state index contributed by atoms with van der Waals surface area (Å²) in [5, 5.41) is 3.06. The first-order valence-corrected chi connectivity index (χ1v) is 10.2. The summed E-state index contributed by atoms with van der Waals surface area (Å²) >= 11 is 1.25. The lowest BCUT2D eigenvalue weighted by Gasteiger charge is -2.15. The third-order valence-corrected chi connectivity index (χ3v) is 5.19. The highest BCUT2D eigenvalue weighted by Crippen LogP contribution is 2.28. The van der Waals surface area contributed by atoms with E-state index in [1.54, 1.807) is 6.92 Å². The Bertz CT molecular complexity index is 1000. The third-order valence-electron chi connectivity index (χ3n) is 4.21. The minimum absolute atomic E-state index is 0.142. The van der Waals surface area contributed by atoms with Gasteiger partial charge in [0.2, 0.25) is 5.91 Å². The lowest BCUT2D eigenvalue weighted by atomic mass is 10.0. The van der Waals surface area contributed by atoms with Crippen molar-refractivity contribution in [1.29, 1.82) is 0 Å². The van der Waals surface area contributed by atoms with Crippen molar-refractivity contribution in [2.24, 2.45) is 0 Å². The van der Waals surface area contributed by atoms with Crippen molar-refractivity contribution in [2.75, 3.05) is 5.32 Å². The maximum atomic E-state index is 12.7. The zero-order chi connectivity index (χ0) is 19.9. The highest BCUT2D eigenvalue weighted by molar-refractivity contribution is 8.00. The normalized spacial score (nSPS) is 11.8. The Morgan fingerprint density at radius 3 is 2.61 bits per heavy atom. The fraction of sp³-hybridized carbons (Fsp3) is 0.227. The first-order chi connectivity index (χ1) is 13.6. The van der Waals surface area contributed by atoms with Crippen LogP contribution in [0, 0.1) is 0 Å². The summed E-state index contributed by atoms with van der Waals surface area (Å²) in [6.07, 6.45) is 1.65. The molecule has 28 heavy (non-hydrogen) atoms. The van der Waals surface area contributed by atoms with Crippen molar-refractivity contribution in [1.82, 2.24) is 9.97 Å². The number of aryl methyl sites for hydroxylation is 1. The molecule has 2 aromatic carbocycles. The predicted molar refractivity (Wildman–Crippen MR) is 115 cm³/mol. The second-order valence-corrected chi connectivity index (χ2v) is 7.78. The minimum atomic E-state index is -0.413. The smallest absolute Gasteiger partial charge is 0.251 e. The van der Waals surface area contributed by atoms with Gasteiger partial charge in [0.1, 0.15) is 0 Å². The van der Waals surface area contributed by atoms with E-state index in [-0.39, 0.29) is 11.5 Å². The van der Waals surface area contributed by atoms with E-state index in [9.17, 15) is 9.59 Å². The molecule has 6 heteroatoms. The molecule has 1 amide bonds. The molecule has 1 atom stereocenters. The standard InChI is InChI=1S/C22H23N3O2S/c1-3-9-17-14-20(26)25-22(23-17)28-15(2)21(27)24-19-13-8-7-12-18(19)16-10-5-4-6-11-16/h4-8,10-15H,3,9H2,1-2H3,(H,24,27)(H,23,25,26)/t15-/m1/s1. The van der Waals surface area contributed by atoms with E-state index in [1.807, 2.05) is 61.5 Å². The molecule has 0 unspecified atom stereocenters. The molecule has 1 aromatic heterocycles. The highest BCUT2D eigenvalue weighted by Gasteiger charge is 2.18. The van der Waals surface area contributed by atoms with Crippen LogP contribution in [0.3, 0.4) is 0 Å². The number of aromatic amines is 1. The molecule has 5 nitrogen and oxygen atoms in total. The average molecular weight is 394 g/mol. The molecule has 0 saturated heterocycles. The van der Waals surface area contributed by atoms with Gasteiger partial charge in [-0.2, -0.15) is 0 Å². The SMILES string of the molecule is CCCc1cc(=O)[nH]c(S[C@H](C)C(=O)Nc2ccccc2-c2ccccc2)n1. The van der Waals surface area contributed by atoms with E-state index in [4.69, 9.17) is 0 Å². The first-order valence-electron chi connectivity index (χ1n) is 9.29. The van der Waals surface area contributed by atoms with Gasteiger partial charge in [0.15, 0.2) is 5.16 Å². The zero-order valence-corrected chi connectivity index (χ0v) is 16.8. The molecular weight excluding hydrogens is 370 g/mol. The Labute approximate surface area is 168 Å².